The summed E-state index contributed by atoms with van der Waals surface area (Å²) in [5, 5.41) is 9.43. The van der Waals surface area contributed by atoms with E-state index in [4.69, 9.17) is 16.7 Å². The molecule has 0 amide bonds. The van der Waals surface area contributed by atoms with Crippen LogP contribution in [-0.4, -0.2) is 29.1 Å². The fourth-order valence-electron chi connectivity index (χ4n) is 1.75. The van der Waals surface area contributed by atoms with Crippen LogP contribution < -0.4 is 0 Å². The number of aliphatic carboxylic acids is 1. The molecule has 2 rings (SSSR count). The van der Waals surface area contributed by atoms with E-state index in [0.29, 0.717) is 18.1 Å². The Balaban J connectivity index is 1.91. The Morgan fingerprint density at radius 1 is 1.56 bits per heavy atom. The van der Waals surface area contributed by atoms with E-state index in [1.807, 2.05) is 18.2 Å². The maximum Gasteiger partial charge on any atom is 0.309 e. The molecule has 0 unspecified atom stereocenters. The van der Waals surface area contributed by atoms with Crippen molar-refractivity contribution in [3.63, 3.8) is 0 Å². The molecule has 3 nitrogen and oxygen atoms in total. The van der Waals surface area contributed by atoms with Gasteiger partial charge in [-0.1, -0.05) is 17.7 Å². The Labute approximate surface area is 107 Å². The molecule has 0 aromatic heterocycles. The number of rotatable bonds is 3. The molecule has 1 N–H and O–H groups in total. The number of halogens is 2. The van der Waals surface area contributed by atoms with Crippen LogP contribution in [-0.2, 0) is 11.3 Å². The summed E-state index contributed by atoms with van der Waals surface area (Å²) in [4.78, 5) is 12.7. The lowest BCUT2D eigenvalue weighted by atomic mass is 10.00. The van der Waals surface area contributed by atoms with Gasteiger partial charge in [-0.15, -0.1) is 0 Å². The highest BCUT2D eigenvalue weighted by Crippen LogP contribution is 2.25. The van der Waals surface area contributed by atoms with Crippen molar-refractivity contribution < 1.29 is 9.90 Å². The number of carboxylic acids is 1. The van der Waals surface area contributed by atoms with E-state index in [1.54, 1.807) is 0 Å². The lowest BCUT2D eigenvalue weighted by Gasteiger charge is -2.36. The highest BCUT2D eigenvalue weighted by Gasteiger charge is 2.32. The molecule has 1 fully saturated rings. The van der Waals surface area contributed by atoms with Crippen LogP contribution in [0.25, 0.3) is 0 Å². The molecule has 1 aromatic carbocycles. The van der Waals surface area contributed by atoms with Crippen molar-refractivity contribution in [1.82, 2.24) is 4.90 Å². The first-order chi connectivity index (χ1) is 7.56. The normalized spacial score (nSPS) is 17.1. The summed E-state index contributed by atoms with van der Waals surface area (Å²) in [5.74, 6) is -0.906. The molecule has 1 aliphatic heterocycles. The van der Waals surface area contributed by atoms with Gasteiger partial charge in [0.2, 0.25) is 0 Å². The molecule has 0 spiro atoms. The van der Waals surface area contributed by atoms with Crippen LogP contribution in [0.2, 0.25) is 5.02 Å². The SMILES string of the molecule is O=C(O)C1CN(Cc2ccc(Br)c(Cl)c2)C1. The van der Waals surface area contributed by atoms with Gasteiger partial charge in [0.25, 0.3) is 0 Å². The molecule has 16 heavy (non-hydrogen) atoms. The molecule has 0 radical (unpaired) electrons. The molecule has 0 atom stereocenters. The van der Waals surface area contributed by atoms with E-state index >= 15 is 0 Å². The summed E-state index contributed by atoms with van der Waals surface area (Å²) in [6.45, 7) is 2.02. The summed E-state index contributed by atoms with van der Waals surface area (Å²) in [6, 6.07) is 5.80. The molecule has 0 saturated carbocycles. The molecule has 1 heterocycles. The van der Waals surface area contributed by atoms with Crippen LogP contribution in [0.15, 0.2) is 22.7 Å². The standard InChI is InChI=1S/C11H11BrClNO2/c12-9-2-1-7(3-10(9)13)4-14-5-8(6-14)11(15)16/h1-3,8H,4-6H2,(H,15,16). The van der Waals surface area contributed by atoms with Crippen molar-refractivity contribution >= 4 is 33.5 Å². The largest absolute Gasteiger partial charge is 0.481 e. The predicted octanol–water partition coefficient (Wildman–Crippen LogP) is 2.62. The van der Waals surface area contributed by atoms with Crippen molar-refractivity contribution in [2.75, 3.05) is 13.1 Å². The van der Waals surface area contributed by atoms with Crippen LogP contribution >= 0.6 is 27.5 Å². The van der Waals surface area contributed by atoms with Gasteiger partial charge < -0.3 is 5.11 Å². The van der Waals surface area contributed by atoms with Gasteiger partial charge in [0.1, 0.15) is 0 Å². The van der Waals surface area contributed by atoms with Gasteiger partial charge >= 0.3 is 5.97 Å². The van der Waals surface area contributed by atoms with Crippen LogP contribution in [0.3, 0.4) is 0 Å². The van der Waals surface area contributed by atoms with E-state index in [2.05, 4.69) is 20.8 Å². The first-order valence-electron chi connectivity index (χ1n) is 4.95. The highest BCUT2D eigenvalue weighted by molar-refractivity contribution is 9.10. The molecule has 5 heteroatoms. The molecule has 1 aliphatic rings. The van der Waals surface area contributed by atoms with Crippen molar-refractivity contribution in [2.24, 2.45) is 5.92 Å². The molecular weight excluding hydrogens is 293 g/mol. The molecule has 1 saturated heterocycles. The van der Waals surface area contributed by atoms with Crippen molar-refractivity contribution in [2.45, 2.75) is 6.54 Å². The highest BCUT2D eigenvalue weighted by atomic mass is 79.9. The summed E-state index contributed by atoms with van der Waals surface area (Å²) in [6.07, 6.45) is 0. The Hall–Kier alpha value is -0.580. The first-order valence-corrected chi connectivity index (χ1v) is 6.12. The minimum Gasteiger partial charge on any atom is -0.481 e. The summed E-state index contributed by atoms with van der Waals surface area (Å²) < 4.78 is 0.880. The Morgan fingerprint density at radius 3 is 2.81 bits per heavy atom. The number of nitrogens with zero attached hydrogens (tertiary/aromatic N) is 1. The Morgan fingerprint density at radius 2 is 2.25 bits per heavy atom. The maximum absolute atomic E-state index is 10.6. The fourth-order valence-corrected chi connectivity index (χ4v) is 2.20. The molecule has 0 aliphatic carbocycles. The second-order valence-electron chi connectivity index (χ2n) is 3.98. The molecule has 0 bridgehead atoms. The van der Waals surface area contributed by atoms with Crippen LogP contribution in [0.5, 0.6) is 0 Å². The zero-order chi connectivity index (χ0) is 11.7. The number of carbonyl (C=O) groups is 1. The third kappa shape index (κ3) is 2.56. The number of benzene rings is 1. The van der Waals surface area contributed by atoms with Gasteiger partial charge in [0.15, 0.2) is 0 Å². The first kappa shape index (κ1) is 11.9. The van der Waals surface area contributed by atoms with Gasteiger partial charge in [-0.25, -0.2) is 0 Å². The topological polar surface area (TPSA) is 40.5 Å². The Kier molecular flexibility index (Phi) is 3.52. The molecular formula is C11H11BrClNO2. The third-order valence-corrected chi connectivity index (χ3v) is 3.93. The summed E-state index contributed by atoms with van der Waals surface area (Å²) in [5.41, 5.74) is 1.11. The van der Waals surface area contributed by atoms with Gasteiger partial charge in [0.05, 0.1) is 10.9 Å². The lowest BCUT2D eigenvalue weighted by Crippen LogP contribution is -2.49. The molecule has 86 valence electrons. The van der Waals surface area contributed by atoms with E-state index in [0.717, 1.165) is 16.6 Å². The van der Waals surface area contributed by atoms with Gasteiger partial charge in [-0.05, 0) is 33.6 Å². The number of hydrogen-bond acceptors (Lipinski definition) is 2. The Bertz CT molecular complexity index is 418. The summed E-state index contributed by atoms with van der Waals surface area (Å²) in [7, 11) is 0. The fraction of sp³-hybridized carbons (Fsp3) is 0.364. The van der Waals surface area contributed by atoms with E-state index < -0.39 is 5.97 Å². The zero-order valence-corrected chi connectivity index (χ0v) is 10.8. The van der Waals surface area contributed by atoms with E-state index in [-0.39, 0.29) is 5.92 Å². The van der Waals surface area contributed by atoms with E-state index in [9.17, 15) is 4.79 Å². The quantitative estimate of drug-likeness (QED) is 0.933. The smallest absolute Gasteiger partial charge is 0.309 e. The average Bonchev–Trinajstić information content (AvgIpc) is 2.15. The molecule has 1 aromatic rings. The lowest BCUT2D eigenvalue weighted by molar-refractivity contribution is -0.147. The minimum absolute atomic E-state index is 0.203. The number of hydrogen-bond donors (Lipinski definition) is 1. The monoisotopic (exact) mass is 303 g/mol. The second kappa shape index (κ2) is 4.73. The predicted molar refractivity (Wildman–Crippen MR) is 65.6 cm³/mol. The van der Waals surface area contributed by atoms with Crippen LogP contribution in [0, 0.1) is 5.92 Å². The van der Waals surface area contributed by atoms with Crippen molar-refractivity contribution in [1.29, 1.82) is 0 Å². The van der Waals surface area contributed by atoms with E-state index in [1.165, 1.54) is 0 Å². The maximum atomic E-state index is 10.6. The average molecular weight is 305 g/mol. The minimum atomic E-state index is -0.704. The van der Waals surface area contributed by atoms with Crippen LogP contribution in [0.1, 0.15) is 5.56 Å². The third-order valence-electron chi connectivity index (χ3n) is 2.70. The van der Waals surface area contributed by atoms with Crippen LogP contribution in [0.4, 0.5) is 0 Å². The second-order valence-corrected chi connectivity index (χ2v) is 5.24. The number of likely N-dealkylation sites (tertiary alicyclic amines) is 1. The van der Waals surface area contributed by atoms with Crippen molar-refractivity contribution in [3.8, 4) is 0 Å². The number of carboxylic acid groups (broad SMARTS) is 1. The van der Waals surface area contributed by atoms with Crippen molar-refractivity contribution in [3.05, 3.63) is 33.3 Å². The van der Waals surface area contributed by atoms with Gasteiger partial charge in [0, 0.05) is 24.1 Å². The zero-order valence-electron chi connectivity index (χ0n) is 8.49. The van der Waals surface area contributed by atoms with Gasteiger partial charge in [-0.3, -0.25) is 9.69 Å². The van der Waals surface area contributed by atoms with Gasteiger partial charge in [-0.2, -0.15) is 0 Å². The summed E-state index contributed by atoms with van der Waals surface area (Å²) >= 11 is 9.31.